The summed E-state index contributed by atoms with van der Waals surface area (Å²) in [4.78, 5) is 16.8. The molecule has 110 valence electrons. The minimum Gasteiger partial charge on any atom is -0.478 e. The minimum absolute atomic E-state index is 0.126. The topological polar surface area (TPSA) is 78.9 Å². The lowest BCUT2D eigenvalue weighted by molar-refractivity contribution is 0.0699. The van der Waals surface area contributed by atoms with Gasteiger partial charge >= 0.3 is 5.97 Å². The van der Waals surface area contributed by atoms with Crippen LogP contribution in [0.3, 0.4) is 0 Å². The van der Waals surface area contributed by atoms with Crippen LogP contribution in [0.2, 0.25) is 0 Å². The summed E-state index contributed by atoms with van der Waals surface area (Å²) in [6.07, 6.45) is 1.94. The van der Waals surface area contributed by atoms with Gasteiger partial charge in [-0.25, -0.2) is 4.79 Å². The van der Waals surface area contributed by atoms with Gasteiger partial charge in [-0.1, -0.05) is 36.4 Å². The number of carboxylic acids is 1. The molecule has 5 nitrogen and oxygen atoms in total. The third kappa shape index (κ3) is 3.79. The summed E-state index contributed by atoms with van der Waals surface area (Å²) in [5.74, 6) is -0.878. The van der Waals surface area contributed by atoms with Crippen molar-refractivity contribution in [3.05, 3.63) is 48.0 Å². The maximum absolute atomic E-state index is 10.8. The number of rotatable bonds is 2. The SMILES string of the molecule is CC(N)N1C=NCC1.O=C(O)c1cccc2ccccc12. The van der Waals surface area contributed by atoms with Crippen molar-refractivity contribution in [2.75, 3.05) is 13.1 Å². The fraction of sp³-hybridized carbons (Fsp3) is 0.250. The van der Waals surface area contributed by atoms with Crippen LogP contribution in [0.1, 0.15) is 17.3 Å². The fourth-order valence-corrected chi connectivity index (χ4v) is 2.11. The van der Waals surface area contributed by atoms with Gasteiger partial charge in [0.2, 0.25) is 0 Å². The summed E-state index contributed by atoms with van der Waals surface area (Å²) in [7, 11) is 0. The van der Waals surface area contributed by atoms with E-state index in [0.717, 1.165) is 23.9 Å². The average molecular weight is 285 g/mol. The summed E-state index contributed by atoms with van der Waals surface area (Å²) in [5.41, 5.74) is 5.89. The predicted octanol–water partition coefficient (Wildman–Crippen LogP) is 2.17. The molecule has 0 saturated carbocycles. The molecule has 1 aliphatic rings. The Morgan fingerprint density at radius 3 is 2.57 bits per heavy atom. The Labute approximate surface area is 123 Å². The molecule has 0 bridgehead atoms. The van der Waals surface area contributed by atoms with Crippen LogP contribution in [0.25, 0.3) is 10.8 Å². The molecule has 0 radical (unpaired) electrons. The number of hydrogen-bond donors (Lipinski definition) is 2. The van der Waals surface area contributed by atoms with Gasteiger partial charge in [-0.2, -0.15) is 0 Å². The van der Waals surface area contributed by atoms with Crippen LogP contribution in [-0.2, 0) is 0 Å². The van der Waals surface area contributed by atoms with E-state index in [4.69, 9.17) is 10.8 Å². The van der Waals surface area contributed by atoms with Gasteiger partial charge in [-0.3, -0.25) is 4.99 Å². The Morgan fingerprint density at radius 2 is 2.00 bits per heavy atom. The van der Waals surface area contributed by atoms with Crippen LogP contribution in [0, 0.1) is 0 Å². The molecule has 1 unspecified atom stereocenters. The van der Waals surface area contributed by atoms with E-state index in [0.29, 0.717) is 5.56 Å². The summed E-state index contributed by atoms with van der Waals surface area (Å²) in [6.45, 7) is 3.84. The highest BCUT2D eigenvalue weighted by atomic mass is 16.4. The highest BCUT2D eigenvalue weighted by molar-refractivity contribution is 6.03. The smallest absolute Gasteiger partial charge is 0.336 e. The second kappa shape index (κ2) is 6.85. The first kappa shape index (κ1) is 15.0. The predicted molar refractivity (Wildman–Crippen MR) is 84.6 cm³/mol. The van der Waals surface area contributed by atoms with Gasteiger partial charge in [0.05, 0.1) is 24.6 Å². The van der Waals surface area contributed by atoms with E-state index in [2.05, 4.69) is 4.99 Å². The van der Waals surface area contributed by atoms with E-state index in [9.17, 15) is 4.79 Å². The summed E-state index contributed by atoms with van der Waals surface area (Å²) in [6, 6.07) is 12.7. The van der Waals surface area contributed by atoms with Gasteiger partial charge in [0.25, 0.3) is 0 Å². The molecule has 1 aliphatic heterocycles. The third-order valence-corrected chi connectivity index (χ3v) is 3.26. The normalized spacial score (nSPS) is 14.7. The molecule has 3 N–H and O–H groups in total. The third-order valence-electron chi connectivity index (χ3n) is 3.26. The van der Waals surface area contributed by atoms with Crippen molar-refractivity contribution in [3.8, 4) is 0 Å². The first-order valence-electron chi connectivity index (χ1n) is 6.82. The Bertz CT molecular complexity index is 648. The van der Waals surface area contributed by atoms with Crippen molar-refractivity contribution in [2.45, 2.75) is 13.1 Å². The molecule has 0 fully saturated rings. The molecule has 0 amide bonds. The summed E-state index contributed by atoms with van der Waals surface area (Å²) < 4.78 is 0. The molecule has 3 rings (SSSR count). The second-order valence-electron chi connectivity index (χ2n) is 4.83. The number of aliphatic imine (C=N–C) groups is 1. The van der Waals surface area contributed by atoms with E-state index in [1.165, 1.54) is 0 Å². The van der Waals surface area contributed by atoms with Gasteiger partial charge in [-0.15, -0.1) is 0 Å². The monoisotopic (exact) mass is 285 g/mol. The van der Waals surface area contributed by atoms with E-state index < -0.39 is 5.97 Å². The molecular formula is C16H19N3O2. The van der Waals surface area contributed by atoms with Crippen molar-refractivity contribution < 1.29 is 9.90 Å². The van der Waals surface area contributed by atoms with Gasteiger partial charge in [0, 0.05) is 6.54 Å². The number of nitrogens with two attached hydrogens (primary N) is 1. The van der Waals surface area contributed by atoms with Crippen molar-refractivity contribution in [2.24, 2.45) is 10.7 Å². The molecule has 2 aromatic rings. The fourth-order valence-electron chi connectivity index (χ4n) is 2.11. The molecule has 5 heteroatoms. The van der Waals surface area contributed by atoms with Crippen LogP contribution >= 0.6 is 0 Å². The summed E-state index contributed by atoms with van der Waals surface area (Å²) >= 11 is 0. The zero-order chi connectivity index (χ0) is 15.2. The zero-order valence-corrected chi connectivity index (χ0v) is 11.9. The van der Waals surface area contributed by atoms with Gasteiger partial charge in [-0.05, 0) is 23.8 Å². The van der Waals surface area contributed by atoms with Crippen molar-refractivity contribution in [1.29, 1.82) is 0 Å². The van der Waals surface area contributed by atoms with Crippen LogP contribution in [0.5, 0.6) is 0 Å². The highest BCUT2D eigenvalue weighted by Gasteiger charge is 2.07. The second-order valence-corrected chi connectivity index (χ2v) is 4.83. The van der Waals surface area contributed by atoms with Crippen LogP contribution in [0.4, 0.5) is 0 Å². The number of hydrogen-bond acceptors (Lipinski definition) is 4. The Kier molecular flexibility index (Phi) is 4.90. The zero-order valence-electron chi connectivity index (χ0n) is 11.9. The molecular weight excluding hydrogens is 266 g/mol. The first-order valence-corrected chi connectivity index (χ1v) is 6.82. The van der Waals surface area contributed by atoms with E-state index in [1.807, 2.05) is 48.5 Å². The van der Waals surface area contributed by atoms with E-state index in [1.54, 1.807) is 12.1 Å². The van der Waals surface area contributed by atoms with Crippen LogP contribution < -0.4 is 5.73 Å². The Hall–Kier alpha value is -2.40. The lowest BCUT2D eigenvalue weighted by Crippen LogP contribution is -2.37. The number of benzene rings is 2. The molecule has 1 atom stereocenters. The molecule has 0 saturated heterocycles. The molecule has 21 heavy (non-hydrogen) atoms. The molecule has 2 aromatic carbocycles. The van der Waals surface area contributed by atoms with Crippen molar-refractivity contribution in [3.63, 3.8) is 0 Å². The number of carbonyl (C=O) groups is 1. The number of fused-ring (bicyclic) bond motifs is 1. The van der Waals surface area contributed by atoms with Crippen LogP contribution in [-0.4, -0.2) is 41.6 Å². The minimum atomic E-state index is -0.878. The summed E-state index contributed by atoms with van der Waals surface area (Å²) in [5, 5.41) is 10.6. The Balaban J connectivity index is 0.000000173. The lowest BCUT2D eigenvalue weighted by Gasteiger charge is -2.17. The average Bonchev–Trinajstić information content (AvgIpc) is 3.01. The number of nitrogens with zero attached hydrogens (tertiary/aromatic N) is 2. The molecule has 0 aliphatic carbocycles. The Morgan fingerprint density at radius 1 is 1.29 bits per heavy atom. The van der Waals surface area contributed by atoms with Crippen LogP contribution in [0.15, 0.2) is 47.5 Å². The van der Waals surface area contributed by atoms with E-state index >= 15 is 0 Å². The maximum atomic E-state index is 10.8. The number of aromatic carboxylic acids is 1. The maximum Gasteiger partial charge on any atom is 0.336 e. The standard InChI is InChI=1S/C11H8O2.C5H11N3/c12-11(13)10-7-3-5-8-4-1-2-6-9(8)10;1-5(6)8-3-2-7-4-8/h1-7H,(H,12,13);4-5H,2-3,6H2,1H3. The highest BCUT2D eigenvalue weighted by Crippen LogP contribution is 2.17. The van der Waals surface area contributed by atoms with Gasteiger partial charge in [0.1, 0.15) is 0 Å². The molecule has 0 aromatic heterocycles. The van der Waals surface area contributed by atoms with Gasteiger partial charge < -0.3 is 15.7 Å². The number of carboxylic acid groups (broad SMARTS) is 1. The van der Waals surface area contributed by atoms with Gasteiger partial charge in [0.15, 0.2) is 0 Å². The largest absolute Gasteiger partial charge is 0.478 e. The molecule has 1 heterocycles. The van der Waals surface area contributed by atoms with Crippen molar-refractivity contribution >= 4 is 23.1 Å². The lowest BCUT2D eigenvalue weighted by atomic mass is 10.1. The molecule has 0 spiro atoms. The first-order chi connectivity index (χ1) is 10.1. The van der Waals surface area contributed by atoms with E-state index in [-0.39, 0.29) is 6.17 Å². The van der Waals surface area contributed by atoms with Crippen molar-refractivity contribution in [1.82, 2.24) is 4.90 Å². The quantitative estimate of drug-likeness (QED) is 0.886.